The van der Waals surface area contributed by atoms with Gasteiger partial charge in [0, 0.05) is 10.2 Å². The van der Waals surface area contributed by atoms with Crippen molar-refractivity contribution in [1.29, 1.82) is 0 Å². The molecule has 1 aliphatic heterocycles. The van der Waals surface area contributed by atoms with E-state index < -0.39 is 0 Å². The lowest BCUT2D eigenvalue weighted by Crippen LogP contribution is -2.27. The van der Waals surface area contributed by atoms with Gasteiger partial charge >= 0.3 is 0 Å². The Morgan fingerprint density at radius 3 is 2.32 bits per heavy atom. The van der Waals surface area contributed by atoms with E-state index >= 15 is 0 Å². The van der Waals surface area contributed by atoms with Crippen molar-refractivity contribution in [2.75, 3.05) is 23.9 Å². The van der Waals surface area contributed by atoms with Gasteiger partial charge in [0.15, 0.2) is 10.9 Å². The zero-order chi connectivity index (χ0) is 24.1. The topological polar surface area (TPSA) is 67.9 Å². The van der Waals surface area contributed by atoms with Gasteiger partial charge in [-0.25, -0.2) is 0 Å². The third-order valence-electron chi connectivity index (χ3n) is 4.80. The minimum Gasteiger partial charge on any atom is -0.497 e. The average Bonchev–Trinajstić information content (AvgIpc) is 3.12. The van der Waals surface area contributed by atoms with E-state index in [-0.39, 0.29) is 18.4 Å². The molecule has 172 valence electrons. The SMILES string of the molecule is COc1ccc(N2C(=O)/C(=C/c3ccc(OCC(=O)Nc4ccc(Br)cc4)cc3)SC2=S)cc1. The lowest BCUT2D eigenvalue weighted by atomic mass is 10.2. The van der Waals surface area contributed by atoms with Crippen LogP contribution in [0, 0.1) is 0 Å². The Labute approximate surface area is 215 Å². The fourth-order valence-electron chi connectivity index (χ4n) is 3.11. The number of anilines is 2. The number of nitrogens with one attached hydrogen (secondary N) is 1. The predicted octanol–water partition coefficient (Wildman–Crippen LogP) is 5.88. The molecule has 6 nitrogen and oxygen atoms in total. The Balaban J connectivity index is 1.36. The standard InChI is InChI=1S/C25H19BrN2O4S2/c1-31-20-12-8-19(9-13-20)28-24(30)22(34-25(28)33)14-16-2-10-21(11-3-16)32-15-23(29)27-18-6-4-17(26)5-7-18/h2-14H,15H2,1H3,(H,27,29)/b22-14-. The molecule has 4 rings (SSSR count). The van der Waals surface area contributed by atoms with Gasteiger partial charge in [-0.3, -0.25) is 14.5 Å². The molecule has 0 aromatic heterocycles. The molecule has 3 aromatic rings. The molecule has 0 unspecified atom stereocenters. The van der Waals surface area contributed by atoms with E-state index in [2.05, 4.69) is 21.2 Å². The summed E-state index contributed by atoms with van der Waals surface area (Å²) in [6, 6.07) is 21.6. The van der Waals surface area contributed by atoms with E-state index in [1.807, 2.05) is 24.3 Å². The summed E-state index contributed by atoms with van der Waals surface area (Å²) in [7, 11) is 1.59. The van der Waals surface area contributed by atoms with Crippen LogP contribution in [0.5, 0.6) is 11.5 Å². The van der Waals surface area contributed by atoms with Crippen LogP contribution in [0.15, 0.2) is 82.2 Å². The van der Waals surface area contributed by atoms with Crippen molar-refractivity contribution in [3.8, 4) is 11.5 Å². The number of hydrogen-bond donors (Lipinski definition) is 1. The van der Waals surface area contributed by atoms with Crippen LogP contribution in [0.25, 0.3) is 6.08 Å². The van der Waals surface area contributed by atoms with Crippen molar-refractivity contribution in [2.45, 2.75) is 0 Å². The van der Waals surface area contributed by atoms with Crippen LogP contribution < -0.4 is 19.7 Å². The summed E-state index contributed by atoms with van der Waals surface area (Å²) in [6.07, 6.45) is 1.78. The van der Waals surface area contributed by atoms with Crippen molar-refractivity contribution >= 4 is 73.5 Å². The predicted molar refractivity (Wildman–Crippen MR) is 143 cm³/mol. The van der Waals surface area contributed by atoms with Gasteiger partial charge in [0.2, 0.25) is 0 Å². The Kier molecular flexibility index (Phi) is 7.66. The van der Waals surface area contributed by atoms with Gasteiger partial charge in [-0.1, -0.05) is 52.0 Å². The van der Waals surface area contributed by atoms with Gasteiger partial charge in [-0.05, 0) is 72.3 Å². The summed E-state index contributed by atoms with van der Waals surface area (Å²) in [5.41, 5.74) is 2.21. The lowest BCUT2D eigenvalue weighted by Gasteiger charge is -2.14. The van der Waals surface area contributed by atoms with Gasteiger partial charge in [-0.2, -0.15) is 0 Å². The van der Waals surface area contributed by atoms with Crippen molar-refractivity contribution in [3.05, 3.63) is 87.7 Å². The molecule has 0 spiro atoms. The molecule has 0 saturated carbocycles. The minimum absolute atomic E-state index is 0.115. The smallest absolute Gasteiger partial charge is 0.270 e. The van der Waals surface area contributed by atoms with Crippen LogP contribution in [0.4, 0.5) is 11.4 Å². The number of benzene rings is 3. The van der Waals surface area contributed by atoms with Crippen LogP contribution >= 0.6 is 39.9 Å². The highest BCUT2D eigenvalue weighted by Crippen LogP contribution is 2.36. The number of thiocarbonyl (C=S) groups is 1. The fraction of sp³-hybridized carbons (Fsp3) is 0.0800. The number of thioether (sulfide) groups is 1. The molecule has 0 radical (unpaired) electrons. The second-order valence-corrected chi connectivity index (χ2v) is 9.72. The van der Waals surface area contributed by atoms with E-state index in [0.29, 0.717) is 32.1 Å². The molecule has 34 heavy (non-hydrogen) atoms. The van der Waals surface area contributed by atoms with Crippen molar-refractivity contribution in [3.63, 3.8) is 0 Å². The molecule has 1 N–H and O–H groups in total. The molecule has 1 fully saturated rings. The van der Waals surface area contributed by atoms with E-state index in [1.54, 1.807) is 61.7 Å². The molecule has 0 bridgehead atoms. The fourth-order valence-corrected chi connectivity index (χ4v) is 4.68. The summed E-state index contributed by atoms with van der Waals surface area (Å²) >= 11 is 10.0. The summed E-state index contributed by atoms with van der Waals surface area (Å²) in [4.78, 5) is 27.1. The highest BCUT2D eigenvalue weighted by molar-refractivity contribution is 9.10. The Hall–Kier alpha value is -3.14. The molecule has 1 heterocycles. The molecule has 2 amide bonds. The van der Waals surface area contributed by atoms with Gasteiger partial charge in [0.05, 0.1) is 17.7 Å². The van der Waals surface area contributed by atoms with Gasteiger partial charge in [0.25, 0.3) is 11.8 Å². The molecule has 1 saturated heterocycles. The van der Waals surface area contributed by atoms with E-state index in [9.17, 15) is 9.59 Å². The van der Waals surface area contributed by atoms with Gasteiger partial charge in [0.1, 0.15) is 11.5 Å². The second kappa shape index (κ2) is 10.9. The largest absolute Gasteiger partial charge is 0.497 e. The molecule has 0 aliphatic carbocycles. The number of rotatable bonds is 7. The molecule has 9 heteroatoms. The summed E-state index contributed by atoms with van der Waals surface area (Å²) < 4.78 is 12.1. The number of amides is 2. The minimum atomic E-state index is -0.256. The normalized spacial score (nSPS) is 14.4. The average molecular weight is 555 g/mol. The molecule has 1 aliphatic rings. The van der Waals surface area contributed by atoms with Crippen LogP contribution in [-0.4, -0.2) is 29.9 Å². The monoisotopic (exact) mass is 554 g/mol. The quantitative estimate of drug-likeness (QED) is 0.290. The third-order valence-corrected chi connectivity index (χ3v) is 6.63. The zero-order valence-electron chi connectivity index (χ0n) is 18.0. The lowest BCUT2D eigenvalue weighted by molar-refractivity contribution is -0.118. The first-order valence-corrected chi connectivity index (χ1v) is 12.1. The maximum Gasteiger partial charge on any atom is 0.270 e. The second-order valence-electron chi connectivity index (χ2n) is 7.13. The number of carbonyl (C=O) groups excluding carboxylic acids is 2. The van der Waals surface area contributed by atoms with E-state index in [4.69, 9.17) is 21.7 Å². The van der Waals surface area contributed by atoms with Crippen LogP contribution in [0.1, 0.15) is 5.56 Å². The first kappa shape index (κ1) is 24.0. The van der Waals surface area contributed by atoms with Crippen LogP contribution in [0.2, 0.25) is 0 Å². The number of ether oxygens (including phenoxy) is 2. The first-order chi connectivity index (χ1) is 16.4. The first-order valence-electron chi connectivity index (χ1n) is 10.1. The molecule has 0 atom stereocenters. The highest BCUT2D eigenvalue weighted by atomic mass is 79.9. The number of nitrogens with zero attached hydrogens (tertiary/aromatic N) is 1. The van der Waals surface area contributed by atoms with E-state index in [0.717, 1.165) is 10.0 Å². The highest BCUT2D eigenvalue weighted by Gasteiger charge is 2.33. The number of halogens is 1. The van der Waals surface area contributed by atoms with Crippen LogP contribution in [-0.2, 0) is 9.59 Å². The maximum atomic E-state index is 12.9. The summed E-state index contributed by atoms with van der Waals surface area (Å²) in [5.74, 6) is 0.824. The number of hydrogen-bond acceptors (Lipinski definition) is 6. The Morgan fingerprint density at radius 1 is 1.03 bits per heavy atom. The molecular formula is C25H19BrN2O4S2. The molecular weight excluding hydrogens is 536 g/mol. The molecule has 3 aromatic carbocycles. The Morgan fingerprint density at radius 2 is 1.68 bits per heavy atom. The van der Waals surface area contributed by atoms with Crippen molar-refractivity contribution < 1.29 is 19.1 Å². The number of carbonyl (C=O) groups is 2. The third kappa shape index (κ3) is 5.85. The number of methoxy groups -OCH3 is 1. The van der Waals surface area contributed by atoms with Crippen molar-refractivity contribution in [1.82, 2.24) is 0 Å². The van der Waals surface area contributed by atoms with Crippen molar-refractivity contribution in [2.24, 2.45) is 0 Å². The van der Waals surface area contributed by atoms with E-state index in [1.165, 1.54) is 16.7 Å². The van der Waals surface area contributed by atoms with Gasteiger partial charge in [-0.15, -0.1) is 0 Å². The summed E-state index contributed by atoms with van der Waals surface area (Å²) in [5, 5.41) is 2.77. The van der Waals surface area contributed by atoms with Gasteiger partial charge < -0.3 is 14.8 Å². The van der Waals surface area contributed by atoms with Crippen LogP contribution in [0.3, 0.4) is 0 Å². The summed E-state index contributed by atoms with van der Waals surface area (Å²) in [6.45, 7) is -0.115. The maximum absolute atomic E-state index is 12.9. The zero-order valence-corrected chi connectivity index (χ0v) is 21.2. The Bertz CT molecular complexity index is 1240.